The van der Waals surface area contributed by atoms with E-state index in [2.05, 4.69) is 5.16 Å². The molecule has 0 radical (unpaired) electrons. The minimum atomic E-state index is -0.983. The molecule has 0 unspecified atom stereocenters. The Balaban J connectivity index is 1.56. The van der Waals surface area contributed by atoms with Crippen LogP contribution in [-0.2, 0) is 14.4 Å². The van der Waals surface area contributed by atoms with Gasteiger partial charge >= 0.3 is 12.1 Å². The molecule has 10 heteroatoms. The van der Waals surface area contributed by atoms with Crippen LogP contribution < -0.4 is 4.74 Å². The molecule has 37 heavy (non-hydrogen) atoms. The number of ketones is 1. The van der Waals surface area contributed by atoms with Gasteiger partial charge in [-0.1, -0.05) is 41.3 Å². The highest BCUT2D eigenvalue weighted by Gasteiger charge is 2.55. The second-order valence-electron chi connectivity index (χ2n) is 10.1. The maximum atomic E-state index is 13.3. The number of benzene rings is 2. The van der Waals surface area contributed by atoms with Crippen molar-refractivity contribution in [2.24, 2.45) is 5.16 Å². The van der Waals surface area contributed by atoms with Crippen LogP contribution in [0.2, 0.25) is 10.0 Å². The first kappa shape index (κ1) is 26.9. The SMILES string of the molecule is CCC(=O)c1ccc(OC(=O)[C@@H]2C[C@]3(CC(c4c(Cl)cccc4Cl)=NO3)CN2C(=O)OC(C)(C)C)cc1. The summed E-state index contributed by atoms with van der Waals surface area (Å²) in [5.74, 6) is -0.403. The monoisotopic (exact) mass is 546 g/mol. The fourth-order valence-corrected chi connectivity index (χ4v) is 5.01. The van der Waals surface area contributed by atoms with E-state index in [0.29, 0.717) is 33.3 Å². The summed E-state index contributed by atoms with van der Waals surface area (Å²) in [7, 11) is 0. The Labute approximate surface area is 225 Å². The molecule has 0 N–H and O–H groups in total. The first-order valence-electron chi connectivity index (χ1n) is 12.0. The van der Waals surface area contributed by atoms with Gasteiger partial charge in [0, 0.05) is 30.4 Å². The molecule has 196 valence electrons. The van der Waals surface area contributed by atoms with Gasteiger partial charge in [0.15, 0.2) is 11.4 Å². The zero-order chi connectivity index (χ0) is 27.0. The highest BCUT2D eigenvalue weighted by Crippen LogP contribution is 2.41. The summed E-state index contributed by atoms with van der Waals surface area (Å²) in [5.41, 5.74) is -0.133. The fraction of sp³-hybridized carbons (Fsp3) is 0.407. The van der Waals surface area contributed by atoms with E-state index in [1.165, 1.54) is 4.90 Å². The van der Waals surface area contributed by atoms with Gasteiger partial charge in [0.25, 0.3) is 0 Å². The predicted molar refractivity (Wildman–Crippen MR) is 139 cm³/mol. The van der Waals surface area contributed by atoms with Crippen LogP contribution in [0.5, 0.6) is 5.75 Å². The lowest BCUT2D eigenvalue weighted by Gasteiger charge is -2.27. The largest absolute Gasteiger partial charge is 0.444 e. The summed E-state index contributed by atoms with van der Waals surface area (Å²) in [6.45, 7) is 7.07. The van der Waals surface area contributed by atoms with Crippen LogP contribution >= 0.6 is 23.2 Å². The highest BCUT2D eigenvalue weighted by atomic mass is 35.5. The van der Waals surface area contributed by atoms with Crippen LogP contribution in [0.1, 0.15) is 62.9 Å². The van der Waals surface area contributed by atoms with Crippen LogP contribution in [0.3, 0.4) is 0 Å². The number of halogens is 2. The molecular formula is C27H28Cl2N2O6. The number of nitrogens with zero attached hydrogens (tertiary/aromatic N) is 2. The minimum absolute atomic E-state index is 0.0143. The average molecular weight is 547 g/mol. The number of carbonyl (C=O) groups is 3. The standard InChI is InChI=1S/C27H28Cl2N2O6/c1-5-22(32)16-9-11-17(12-10-16)35-24(33)21-14-27(15-31(21)25(34)36-26(2,3)4)13-20(30-37-27)23-18(28)7-6-8-19(23)29/h6-12,21H,5,13-15H2,1-4H3/t21-,27+/m0/s1. The van der Waals surface area contributed by atoms with Crippen LogP contribution in [0, 0.1) is 0 Å². The van der Waals surface area contributed by atoms with Crippen molar-refractivity contribution in [2.75, 3.05) is 6.54 Å². The number of hydrogen-bond acceptors (Lipinski definition) is 7. The van der Waals surface area contributed by atoms with E-state index in [4.69, 9.17) is 37.5 Å². The molecule has 2 aliphatic rings. The normalized spacial score (nSPS) is 21.0. The molecule has 1 spiro atoms. The van der Waals surface area contributed by atoms with Gasteiger partial charge in [-0.15, -0.1) is 0 Å². The second kappa shape index (κ2) is 10.3. The van der Waals surface area contributed by atoms with E-state index in [1.54, 1.807) is 70.2 Å². The molecule has 0 aliphatic carbocycles. The van der Waals surface area contributed by atoms with E-state index in [1.807, 2.05) is 0 Å². The molecule has 0 aromatic heterocycles. The van der Waals surface area contributed by atoms with Gasteiger partial charge in [0.2, 0.25) is 0 Å². The van der Waals surface area contributed by atoms with Crippen molar-refractivity contribution in [3.8, 4) is 5.75 Å². The van der Waals surface area contributed by atoms with Gasteiger partial charge in [-0.25, -0.2) is 9.59 Å². The number of amides is 1. The fourth-order valence-electron chi connectivity index (χ4n) is 4.39. The Morgan fingerprint density at radius 2 is 1.76 bits per heavy atom. The number of oxime groups is 1. The van der Waals surface area contributed by atoms with Crippen LogP contribution in [0.25, 0.3) is 0 Å². The number of likely N-dealkylation sites (tertiary alicyclic amines) is 1. The molecule has 1 fully saturated rings. The van der Waals surface area contributed by atoms with E-state index >= 15 is 0 Å². The Hall–Kier alpha value is -3.10. The molecule has 0 bridgehead atoms. The molecule has 2 aromatic rings. The van der Waals surface area contributed by atoms with Crippen molar-refractivity contribution in [1.29, 1.82) is 0 Å². The summed E-state index contributed by atoms with van der Waals surface area (Å²) in [5, 5.41) is 5.08. The van der Waals surface area contributed by atoms with Crippen LogP contribution in [0.15, 0.2) is 47.6 Å². The van der Waals surface area contributed by atoms with Gasteiger partial charge in [-0.3, -0.25) is 9.69 Å². The summed E-state index contributed by atoms with van der Waals surface area (Å²) in [6.07, 6.45) is 0.125. The molecule has 8 nitrogen and oxygen atoms in total. The summed E-state index contributed by atoms with van der Waals surface area (Å²) in [4.78, 5) is 45.5. The second-order valence-corrected chi connectivity index (χ2v) is 11.0. The summed E-state index contributed by atoms with van der Waals surface area (Å²) >= 11 is 12.7. The van der Waals surface area contributed by atoms with Crippen LogP contribution in [0.4, 0.5) is 4.79 Å². The molecule has 4 rings (SSSR count). The molecule has 2 heterocycles. The first-order chi connectivity index (χ1) is 17.4. The van der Waals surface area contributed by atoms with Gasteiger partial charge in [0.1, 0.15) is 17.4 Å². The Bertz CT molecular complexity index is 1230. The third-order valence-corrected chi connectivity index (χ3v) is 6.74. The molecule has 1 saturated heterocycles. The zero-order valence-corrected chi connectivity index (χ0v) is 22.6. The summed E-state index contributed by atoms with van der Waals surface area (Å²) in [6, 6.07) is 10.5. The number of esters is 1. The number of Topliss-reactive ketones (excluding diaryl/α,β-unsaturated/α-hetero) is 1. The predicted octanol–water partition coefficient (Wildman–Crippen LogP) is 6.06. The quantitative estimate of drug-likeness (QED) is 0.257. The van der Waals surface area contributed by atoms with Gasteiger partial charge < -0.3 is 14.3 Å². The van der Waals surface area contributed by atoms with Crippen molar-refractivity contribution < 1.29 is 28.7 Å². The number of carbonyl (C=O) groups excluding carboxylic acids is 3. The van der Waals surface area contributed by atoms with Crippen molar-refractivity contribution in [2.45, 2.75) is 64.2 Å². The topological polar surface area (TPSA) is 94.5 Å². The lowest BCUT2D eigenvalue weighted by atomic mass is 9.91. The van der Waals surface area contributed by atoms with E-state index in [9.17, 15) is 14.4 Å². The smallest absolute Gasteiger partial charge is 0.411 e. The van der Waals surface area contributed by atoms with E-state index < -0.39 is 29.3 Å². The zero-order valence-electron chi connectivity index (χ0n) is 21.0. The van der Waals surface area contributed by atoms with Crippen molar-refractivity contribution in [3.05, 3.63) is 63.6 Å². The third kappa shape index (κ3) is 5.91. The van der Waals surface area contributed by atoms with Gasteiger partial charge in [0.05, 0.1) is 22.3 Å². The van der Waals surface area contributed by atoms with Crippen LogP contribution in [-0.4, -0.2) is 52.2 Å². The Kier molecular flexibility index (Phi) is 7.53. The Morgan fingerprint density at radius 1 is 1.11 bits per heavy atom. The third-order valence-electron chi connectivity index (χ3n) is 6.11. The van der Waals surface area contributed by atoms with Crippen molar-refractivity contribution in [3.63, 3.8) is 0 Å². The van der Waals surface area contributed by atoms with Gasteiger partial charge in [-0.2, -0.15) is 0 Å². The molecule has 2 aliphatic heterocycles. The number of ether oxygens (including phenoxy) is 2. The Morgan fingerprint density at radius 3 is 2.35 bits per heavy atom. The highest BCUT2D eigenvalue weighted by molar-refractivity contribution is 6.40. The molecule has 0 saturated carbocycles. The van der Waals surface area contributed by atoms with E-state index in [0.717, 1.165) is 0 Å². The van der Waals surface area contributed by atoms with Crippen molar-refractivity contribution in [1.82, 2.24) is 4.90 Å². The maximum Gasteiger partial charge on any atom is 0.411 e. The number of rotatable bonds is 5. The first-order valence-corrected chi connectivity index (χ1v) is 12.7. The lowest BCUT2D eigenvalue weighted by molar-refractivity contribution is -0.139. The van der Waals surface area contributed by atoms with Gasteiger partial charge in [-0.05, 0) is 57.2 Å². The minimum Gasteiger partial charge on any atom is -0.444 e. The maximum absolute atomic E-state index is 13.3. The number of hydrogen-bond donors (Lipinski definition) is 0. The molecule has 1 amide bonds. The molecule has 2 aromatic carbocycles. The van der Waals surface area contributed by atoms with E-state index in [-0.39, 0.29) is 30.9 Å². The molecule has 2 atom stereocenters. The van der Waals surface area contributed by atoms with Crippen molar-refractivity contribution >= 4 is 46.8 Å². The lowest BCUT2D eigenvalue weighted by Crippen LogP contribution is -2.45. The average Bonchev–Trinajstić information content (AvgIpc) is 3.42. The summed E-state index contributed by atoms with van der Waals surface area (Å²) < 4.78 is 11.2. The molecular weight excluding hydrogens is 519 g/mol.